The number of aliphatic carboxylic acids is 1. The molecule has 2 rings (SSSR count). The molecule has 2 unspecified atom stereocenters. The zero-order valence-corrected chi connectivity index (χ0v) is 12.9. The molecule has 1 heterocycles. The average Bonchev–Trinajstić information content (AvgIpc) is 3.04. The average molecular weight is 337 g/mol. The predicted molar refractivity (Wildman–Crippen MR) is 84.7 cm³/mol. The number of nitrogens with zero attached hydrogens (tertiary/aromatic N) is 1. The number of amides is 1. The van der Waals surface area contributed by atoms with Crippen molar-refractivity contribution in [3.63, 3.8) is 0 Å². The molecule has 1 aromatic rings. The van der Waals surface area contributed by atoms with Gasteiger partial charge in [-0.25, -0.2) is 0 Å². The van der Waals surface area contributed by atoms with Crippen LogP contribution in [0.1, 0.15) is 19.3 Å². The van der Waals surface area contributed by atoms with E-state index < -0.39 is 22.8 Å². The van der Waals surface area contributed by atoms with Crippen LogP contribution < -0.4 is 10.6 Å². The molecular formula is C15H19N3O6. The molecule has 9 nitrogen and oxygen atoms in total. The number of benzene rings is 1. The Morgan fingerprint density at radius 2 is 2.25 bits per heavy atom. The smallest absolute Gasteiger partial charge is 0.321 e. The van der Waals surface area contributed by atoms with Crippen molar-refractivity contribution in [3.05, 3.63) is 34.4 Å². The highest BCUT2D eigenvalue weighted by Crippen LogP contribution is 2.17. The highest BCUT2D eigenvalue weighted by Gasteiger charge is 2.24. The lowest BCUT2D eigenvalue weighted by atomic mass is 10.1. The van der Waals surface area contributed by atoms with Gasteiger partial charge in [0.1, 0.15) is 6.04 Å². The predicted octanol–water partition coefficient (Wildman–Crippen LogP) is 1.15. The molecule has 0 aromatic heterocycles. The summed E-state index contributed by atoms with van der Waals surface area (Å²) in [6.45, 7) is 1.03. The number of nitrogens with one attached hydrogen (secondary N) is 2. The van der Waals surface area contributed by atoms with Crippen LogP contribution in [0.25, 0.3) is 0 Å². The van der Waals surface area contributed by atoms with E-state index in [0.29, 0.717) is 13.2 Å². The lowest BCUT2D eigenvalue weighted by molar-refractivity contribution is -0.384. The van der Waals surface area contributed by atoms with E-state index in [-0.39, 0.29) is 23.9 Å². The Labute approximate surface area is 138 Å². The molecule has 0 bridgehead atoms. The highest BCUT2D eigenvalue weighted by atomic mass is 16.6. The Morgan fingerprint density at radius 3 is 2.88 bits per heavy atom. The lowest BCUT2D eigenvalue weighted by Crippen LogP contribution is -2.43. The standard InChI is InChI=1S/C15H19N3O6/c19-14(17-10-3-1-4-11(7-10)18(22)23)8-13(15(20)21)16-9-12-5-2-6-24-12/h1,3-4,7,12-13,16H,2,5-6,8-9H2,(H,17,19)(H,20,21). The first-order valence-corrected chi connectivity index (χ1v) is 7.58. The van der Waals surface area contributed by atoms with Crippen LogP contribution in [-0.2, 0) is 14.3 Å². The quantitative estimate of drug-likeness (QED) is 0.479. The van der Waals surface area contributed by atoms with Gasteiger partial charge in [-0.05, 0) is 18.9 Å². The fourth-order valence-corrected chi connectivity index (χ4v) is 2.42. The maximum Gasteiger partial charge on any atom is 0.321 e. The Hall–Kier alpha value is -2.52. The van der Waals surface area contributed by atoms with Crippen LogP contribution in [-0.4, -0.2) is 47.2 Å². The number of anilines is 1. The summed E-state index contributed by atoms with van der Waals surface area (Å²) in [6.07, 6.45) is 1.48. The molecule has 0 saturated carbocycles. The summed E-state index contributed by atoms with van der Waals surface area (Å²) in [4.78, 5) is 33.4. The second-order valence-corrected chi connectivity index (χ2v) is 5.49. The molecule has 3 N–H and O–H groups in total. The van der Waals surface area contributed by atoms with E-state index in [0.717, 1.165) is 12.8 Å². The minimum atomic E-state index is -1.14. The third-order valence-corrected chi connectivity index (χ3v) is 3.64. The monoisotopic (exact) mass is 337 g/mol. The van der Waals surface area contributed by atoms with Gasteiger partial charge in [0.05, 0.1) is 17.4 Å². The number of carboxylic acids is 1. The molecular weight excluding hydrogens is 318 g/mol. The SMILES string of the molecule is O=C(CC(NCC1CCCO1)C(=O)O)Nc1cccc([N+](=O)[O-])c1. The van der Waals surface area contributed by atoms with Gasteiger partial charge in [0.25, 0.3) is 5.69 Å². The van der Waals surface area contributed by atoms with E-state index in [1.807, 2.05) is 0 Å². The minimum Gasteiger partial charge on any atom is -0.480 e. The molecule has 1 amide bonds. The van der Waals surface area contributed by atoms with Crippen LogP contribution in [0.15, 0.2) is 24.3 Å². The molecule has 24 heavy (non-hydrogen) atoms. The maximum atomic E-state index is 12.0. The molecule has 1 aromatic carbocycles. The molecule has 1 fully saturated rings. The largest absolute Gasteiger partial charge is 0.480 e. The number of nitro groups is 1. The van der Waals surface area contributed by atoms with Gasteiger partial charge >= 0.3 is 5.97 Å². The molecule has 130 valence electrons. The lowest BCUT2D eigenvalue weighted by Gasteiger charge is -2.17. The number of hydrogen-bond acceptors (Lipinski definition) is 6. The molecule has 1 saturated heterocycles. The second kappa shape index (κ2) is 8.37. The van der Waals surface area contributed by atoms with E-state index in [1.54, 1.807) is 0 Å². The van der Waals surface area contributed by atoms with Crippen molar-refractivity contribution in [3.8, 4) is 0 Å². The van der Waals surface area contributed by atoms with Crippen LogP contribution in [0.2, 0.25) is 0 Å². The van der Waals surface area contributed by atoms with E-state index in [4.69, 9.17) is 4.74 Å². The Balaban J connectivity index is 1.88. The summed E-state index contributed by atoms with van der Waals surface area (Å²) in [5.74, 6) is -1.68. The number of carbonyl (C=O) groups is 2. The van der Waals surface area contributed by atoms with Crippen molar-refractivity contribution in [2.24, 2.45) is 0 Å². The minimum absolute atomic E-state index is 0.0355. The van der Waals surface area contributed by atoms with Crippen LogP contribution >= 0.6 is 0 Å². The fourth-order valence-electron chi connectivity index (χ4n) is 2.42. The van der Waals surface area contributed by atoms with E-state index >= 15 is 0 Å². The zero-order valence-electron chi connectivity index (χ0n) is 12.9. The van der Waals surface area contributed by atoms with Gasteiger partial charge in [0.2, 0.25) is 5.91 Å². The third kappa shape index (κ3) is 5.28. The summed E-state index contributed by atoms with van der Waals surface area (Å²) in [6, 6.07) is 4.41. The summed E-state index contributed by atoms with van der Waals surface area (Å²) < 4.78 is 5.40. The number of rotatable bonds is 8. The van der Waals surface area contributed by atoms with Crippen molar-refractivity contribution in [1.82, 2.24) is 5.32 Å². The second-order valence-electron chi connectivity index (χ2n) is 5.49. The topological polar surface area (TPSA) is 131 Å². The van der Waals surface area contributed by atoms with Gasteiger partial charge in [0.15, 0.2) is 0 Å². The van der Waals surface area contributed by atoms with Crippen molar-refractivity contribution in [2.75, 3.05) is 18.5 Å². The van der Waals surface area contributed by atoms with Gasteiger partial charge in [-0.2, -0.15) is 0 Å². The number of ether oxygens (including phenoxy) is 1. The van der Waals surface area contributed by atoms with Gasteiger partial charge in [-0.1, -0.05) is 6.07 Å². The molecule has 0 radical (unpaired) electrons. The molecule has 1 aliphatic heterocycles. The van der Waals surface area contributed by atoms with Crippen molar-refractivity contribution < 1.29 is 24.4 Å². The Bertz CT molecular complexity index is 615. The van der Waals surface area contributed by atoms with E-state index in [1.165, 1.54) is 24.3 Å². The van der Waals surface area contributed by atoms with Crippen LogP contribution in [0.5, 0.6) is 0 Å². The van der Waals surface area contributed by atoms with Gasteiger partial charge < -0.3 is 20.5 Å². The van der Waals surface area contributed by atoms with Crippen molar-refractivity contribution >= 4 is 23.3 Å². The Morgan fingerprint density at radius 1 is 1.46 bits per heavy atom. The third-order valence-electron chi connectivity index (χ3n) is 3.64. The van der Waals surface area contributed by atoms with Crippen LogP contribution in [0.4, 0.5) is 11.4 Å². The summed E-state index contributed by atoms with van der Waals surface area (Å²) >= 11 is 0. The fraction of sp³-hybridized carbons (Fsp3) is 0.467. The molecule has 9 heteroatoms. The number of carboxylic acid groups (broad SMARTS) is 1. The molecule has 0 aliphatic carbocycles. The van der Waals surface area contributed by atoms with Gasteiger partial charge in [0, 0.05) is 31.0 Å². The summed E-state index contributed by atoms with van der Waals surface area (Å²) in [5, 5.41) is 25.2. The van der Waals surface area contributed by atoms with Gasteiger partial charge in [-0.3, -0.25) is 19.7 Å². The highest BCUT2D eigenvalue weighted by molar-refractivity contribution is 5.94. The zero-order chi connectivity index (χ0) is 17.5. The Kier molecular flexibility index (Phi) is 6.21. The van der Waals surface area contributed by atoms with Gasteiger partial charge in [-0.15, -0.1) is 0 Å². The summed E-state index contributed by atoms with van der Waals surface area (Å²) in [5.41, 5.74) is 0.0940. The summed E-state index contributed by atoms with van der Waals surface area (Å²) in [7, 11) is 0. The maximum absolute atomic E-state index is 12.0. The first-order valence-electron chi connectivity index (χ1n) is 7.58. The van der Waals surface area contributed by atoms with Crippen molar-refractivity contribution in [1.29, 1.82) is 0 Å². The first kappa shape index (κ1) is 17.8. The first-order chi connectivity index (χ1) is 11.5. The van der Waals surface area contributed by atoms with E-state index in [2.05, 4.69) is 10.6 Å². The van der Waals surface area contributed by atoms with Crippen molar-refractivity contribution in [2.45, 2.75) is 31.4 Å². The number of hydrogen-bond donors (Lipinski definition) is 3. The van der Waals surface area contributed by atoms with Crippen LogP contribution in [0.3, 0.4) is 0 Å². The number of carbonyl (C=O) groups excluding carboxylic acids is 1. The number of nitro benzene ring substituents is 1. The number of non-ortho nitro benzene ring substituents is 1. The molecule has 1 aliphatic rings. The van der Waals surface area contributed by atoms with Crippen LogP contribution in [0, 0.1) is 10.1 Å². The molecule has 2 atom stereocenters. The van der Waals surface area contributed by atoms with E-state index in [9.17, 15) is 24.8 Å². The normalized spacial score (nSPS) is 18.1. The molecule has 0 spiro atoms.